The molecule has 1 rings (SSSR count). The zero-order chi connectivity index (χ0) is 12.0. The summed E-state index contributed by atoms with van der Waals surface area (Å²) < 4.78 is 0.305. The SMILES string of the molecule is CC(C)(C)SCc1cccc(C#CCN)c1. The van der Waals surface area contributed by atoms with E-state index in [-0.39, 0.29) is 0 Å². The van der Waals surface area contributed by atoms with Crippen molar-refractivity contribution in [3.05, 3.63) is 35.4 Å². The number of rotatable bonds is 2. The van der Waals surface area contributed by atoms with E-state index in [1.807, 2.05) is 17.8 Å². The molecule has 0 spiro atoms. The van der Waals surface area contributed by atoms with Crippen molar-refractivity contribution in [2.75, 3.05) is 6.54 Å². The Kier molecular flexibility index (Phi) is 4.92. The molecule has 0 aliphatic heterocycles. The van der Waals surface area contributed by atoms with Gasteiger partial charge in [-0.25, -0.2) is 0 Å². The molecule has 1 aromatic rings. The normalized spacial score (nSPS) is 10.8. The molecular formula is C14H19NS. The van der Waals surface area contributed by atoms with Crippen molar-refractivity contribution in [1.29, 1.82) is 0 Å². The minimum Gasteiger partial charge on any atom is -0.320 e. The second kappa shape index (κ2) is 5.98. The van der Waals surface area contributed by atoms with Crippen molar-refractivity contribution >= 4 is 11.8 Å². The maximum atomic E-state index is 5.35. The molecule has 0 saturated heterocycles. The van der Waals surface area contributed by atoms with Crippen LogP contribution >= 0.6 is 11.8 Å². The van der Waals surface area contributed by atoms with Gasteiger partial charge in [-0.3, -0.25) is 0 Å². The van der Waals surface area contributed by atoms with Gasteiger partial charge >= 0.3 is 0 Å². The quantitative estimate of drug-likeness (QED) is 0.795. The van der Waals surface area contributed by atoms with Crippen LogP contribution in [0, 0.1) is 11.8 Å². The molecule has 0 aliphatic rings. The van der Waals surface area contributed by atoms with Crippen LogP contribution in [0.15, 0.2) is 24.3 Å². The Morgan fingerprint density at radius 2 is 2.06 bits per heavy atom. The fourth-order valence-corrected chi connectivity index (χ4v) is 1.97. The van der Waals surface area contributed by atoms with Crippen LogP contribution in [0.4, 0.5) is 0 Å². The molecule has 1 aromatic carbocycles. The van der Waals surface area contributed by atoms with Gasteiger partial charge in [0.15, 0.2) is 0 Å². The number of hydrogen-bond donors (Lipinski definition) is 1. The van der Waals surface area contributed by atoms with Gasteiger partial charge in [-0.2, -0.15) is 11.8 Å². The molecule has 86 valence electrons. The Hall–Kier alpha value is -0.910. The van der Waals surface area contributed by atoms with Gasteiger partial charge in [0.05, 0.1) is 6.54 Å². The Morgan fingerprint density at radius 1 is 1.31 bits per heavy atom. The summed E-state index contributed by atoms with van der Waals surface area (Å²) in [6.07, 6.45) is 0. The largest absolute Gasteiger partial charge is 0.320 e. The highest BCUT2D eigenvalue weighted by Gasteiger charge is 2.10. The first kappa shape index (κ1) is 13.2. The third-order valence-corrected chi connectivity index (χ3v) is 3.28. The molecule has 0 aromatic heterocycles. The molecule has 0 unspecified atom stereocenters. The van der Waals surface area contributed by atoms with Gasteiger partial charge in [0.25, 0.3) is 0 Å². The average molecular weight is 233 g/mol. The second-order valence-electron chi connectivity index (χ2n) is 4.61. The van der Waals surface area contributed by atoms with Gasteiger partial charge in [-0.1, -0.05) is 44.7 Å². The van der Waals surface area contributed by atoms with Gasteiger partial charge < -0.3 is 5.73 Å². The monoisotopic (exact) mass is 233 g/mol. The highest BCUT2D eigenvalue weighted by molar-refractivity contribution is 7.99. The maximum absolute atomic E-state index is 5.35. The van der Waals surface area contributed by atoms with Crippen LogP contribution in [0.1, 0.15) is 31.9 Å². The van der Waals surface area contributed by atoms with Crippen molar-refractivity contribution in [3.63, 3.8) is 0 Å². The lowest BCUT2D eigenvalue weighted by atomic mass is 10.1. The lowest BCUT2D eigenvalue weighted by molar-refractivity contribution is 0.802. The second-order valence-corrected chi connectivity index (χ2v) is 6.41. The van der Waals surface area contributed by atoms with E-state index >= 15 is 0 Å². The number of benzene rings is 1. The molecule has 2 N–H and O–H groups in total. The zero-order valence-corrected chi connectivity index (χ0v) is 11.0. The summed E-state index contributed by atoms with van der Waals surface area (Å²) in [5.74, 6) is 6.96. The number of hydrogen-bond acceptors (Lipinski definition) is 2. The van der Waals surface area contributed by atoms with E-state index in [1.54, 1.807) is 0 Å². The predicted molar refractivity (Wildman–Crippen MR) is 73.4 cm³/mol. The average Bonchev–Trinajstić information content (AvgIpc) is 2.23. The van der Waals surface area contributed by atoms with Crippen molar-refractivity contribution in [2.24, 2.45) is 5.73 Å². The van der Waals surface area contributed by atoms with Crippen LogP contribution in [0.2, 0.25) is 0 Å². The van der Waals surface area contributed by atoms with E-state index in [0.29, 0.717) is 11.3 Å². The fourth-order valence-electron chi connectivity index (χ4n) is 1.19. The van der Waals surface area contributed by atoms with Gasteiger partial charge in [-0.05, 0) is 17.7 Å². The molecule has 0 fully saturated rings. The molecule has 2 heteroatoms. The lowest BCUT2D eigenvalue weighted by Crippen LogP contribution is -2.07. The smallest absolute Gasteiger partial charge is 0.0555 e. The van der Waals surface area contributed by atoms with Crippen molar-refractivity contribution in [3.8, 4) is 11.8 Å². The summed E-state index contributed by atoms with van der Waals surface area (Å²) in [5.41, 5.74) is 7.73. The Morgan fingerprint density at radius 3 is 2.69 bits per heavy atom. The lowest BCUT2D eigenvalue weighted by Gasteiger charge is -2.17. The van der Waals surface area contributed by atoms with Crippen molar-refractivity contribution < 1.29 is 0 Å². The van der Waals surface area contributed by atoms with Crippen LogP contribution in [-0.2, 0) is 5.75 Å². The van der Waals surface area contributed by atoms with E-state index in [0.717, 1.165) is 11.3 Å². The highest BCUT2D eigenvalue weighted by Crippen LogP contribution is 2.27. The molecule has 16 heavy (non-hydrogen) atoms. The van der Waals surface area contributed by atoms with Gasteiger partial charge in [0.1, 0.15) is 0 Å². The molecule has 1 nitrogen and oxygen atoms in total. The predicted octanol–water partition coefficient (Wildman–Crippen LogP) is 3.03. The van der Waals surface area contributed by atoms with Gasteiger partial charge in [0, 0.05) is 16.1 Å². The summed E-state index contributed by atoms with van der Waals surface area (Å²) in [7, 11) is 0. The van der Waals surface area contributed by atoms with E-state index < -0.39 is 0 Å². The van der Waals surface area contributed by atoms with E-state index in [1.165, 1.54) is 5.56 Å². The first-order valence-electron chi connectivity index (χ1n) is 5.43. The Labute approximate surface area is 103 Å². The molecule has 0 bridgehead atoms. The molecular weight excluding hydrogens is 214 g/mol. The fraction of sp³-hybridized carbons (Fsp3) is 0.429. The Balaban J connectivity index is 2.68. The molecule has 0 heterocycles. The van der Waals surface area contributed by atoms with Crippen LogP contribution in [-0.4, -0.2) is 11.3 Å². The topological polar surface area (TPSA) is 26.0 Å². The van der Waals surface area contributed by atoms with E-state index in [4.69, 9.17) is 5.73 Å². The number of nitrogens with two attached hydrogens (primary N) is 1. The first-order valence-corrected chi connectivity index (χ1v) is 6.42. The van der Waals surface area contributed by atoms with Crippen LogP contribution in [0.25, 0.3) is 0 Å². The zero-order valence-electron chi connectivity index (χ0n) is 10.2. The summed E-state index contributed by atoms with van der Waals surface area (Å²) in [6, 6.07) is 8.36. The first-order chi connectivity index (χ1) is 7.51. The van der Waals surface area contributed by atoms with Gasteiger partial charge in [-0.15, -0.1) is 0 Å². The van der Waals surface area contributed by atoms with E-state index in [9.17, 15) is 0 Å². The van der Waals surface area contributed by atoms with Crippen LogP contribution in [0.5, 0.6) is 0 Å². The third kappa shape index (κ3) is 5.25. The van der Waals surface area contributed by atoms with Crippen LogP contribution < -0.4 is 5.73 Å². The Bertz CT molecular complexity index is 393. The highest BCUT2D eigenvalue weighted by atomic mass is 32.2. The van der Waals surface area contributed by atoms with E-state index in [2.05, 4.69) is 50.8 Å². The molecule has 0 radical (unpaired) electrons. The summed E-state index contributed by atoms with van der Waals surface area (Å²) >= 11 is 1.95. The maximum Gasteiger partial charge on any atom is 0.0555 e. The summed E-state index contributed by atoms with van der Waals surface area (Å²) in [6.45, 7) is 7.11. The summed E-state index contributed by atoms with van der Waals surface area (Å²) in [5, 5.41) is 0. The van der Waals surface area contributed by atoms with Crippen molar-refractivity contribution in [1.82, 2.24) is 0 Å². The number of thioether (sulfide) groups is 1. The molecule has 0 saturated carbocycles. The van der Waals surface area contributed by atoms with Crippen LogP contribution in [0.3, 0.4) is 0 Å². The summed E-state index contributed by atoms with van der Waals surface area (Å²) in [4.78, 5) is 0. The minimum atomic E-state index is 0.305. The molecule has 0 atom stereocenters. The standard InChI is InChI=1S/C14H19NS/c1-14(2,3)16-11-13-7-4-6-12(10-13)8-5-9-15/h4,6-7,10H,9,11,15H2,1-3H3. The van der Waals surface area contributed by atoms with Crippen molar-refractivity contribution in [2.45, 2.75) is 31.3 Å². The third-order valence-electron chi connectivity index (χ3n) is 1.93. The minimum absolute atomic E-state index is 0.305. The molecule has 0 amide bonds. The molecule has 0 aliphatic carbocycles. The van der Waals surface area contributed by atoms with Gasteiger partial charge in [0.2, 0.25) is 0 Å².